The fourth-order valence-electron chi connectivity index (χ4n) is 3.32. The first-order chi connectivity index (χ1) is 16.1. The van der Waals surface area contributed by atoms with Gasteiger partial charge in [0.1, 0.15) is 5.75 Å². The zero-order chi connectivity index (χ0) is 23.2. The van der Waals surface area contributed by atoms with E-state index in [-0.39, 0.29) is 11.0 Å². The van der Waals surface area contributed by atoms with Crippen LogP contribution in [-0.2, 0) is 12.2 Å². The lowest BCUT2D eigenvalue weighted by atomic mass is 10.1. The molecule has 2 N–H and O–H groups in total. The van der Waals surface area contributed by atoms with Gasteiger partial charge in [0.25, 0.3) is 5.91 Å². The third-order valence-electron chi connectivity index (χ3n) is 4.98. The summed E-state index contributed by atoms with van der Waals surface area (Å²) < 4.78 is 7.15. The number of rotatable bonds is 7. The molecule has 0 atom stereocenters. The minimum absolute atomic E-state index is 0.145. The van der Waals surface area contributed by atoms with Gasteiger partial charge < -0.3 is 4.74 Å². The van der Waals surface area contributed by atoms with Crippen molar-refractivity contribution >= 4 is 45.8 Å². The first-order valence-corrected chi connectivity index (χ1v) is 11.8. The first-order valence-electron chi connectivity index (χ1n) is 10.4. The number of amides is 1. The zero-order valence-electron chi connectivity index (χ0n) is 18.2. The molecule has 4 rings (SSSR count). The van der Waals surface area contributed by atoms with Crippen LogP contribution in [0.2, 0.25) is 0 Å². The number of aromatic nitrogens is 3. The maximum atomic E-state index is 13.0. The molecule has 1 aromatic heterocycles. The van der Waals surface area contributed by atoms with Crippen LogP contribution in [0.1, 0.15) is 28.7 Å². The largest absolute Gasteiger partial charge is 0.496 e. The minimum atomic E-state index is -0.361. The highest BCUT2D eigenvalue weighted by atomic mass is 32.2. The molecular formula is C24H23N5O2S2. The molecule has 0 aliphatic rings. The van der Waals surface area contributed by atoms with Crippen LogP contribution in [0.15, 0.2) is 71.9 Å². The Balaban J connectivity index is 1.49. The molecule has 0 aliphatic heterocycles. The molecular weight excluding hydrogens is 454 g/mol. The van der Waals surface area contributed by atoms with Crippen LogP contribution in [0.25, 0.3) is 10.8 Å². The Bertz CT molecular complexity index is 1290. The molecule has 4 aromatic rings. The van der Waals surface area contributed by atoms with Crippen molar-refractivity contribution in [1.29, 1.82) is 0 Å². The first kappa shape index (κ1) is 22.8. The smallest absolute Gasteiger partial charge is 0.261 e. The van der Waals surface area contributed by atoms with E-state index >= 15 is 0 Å². The van der Waals surface area contributed by atoms with E-state index < -0.39 is 0 Å². The van der Waals surface area contributed by atoms with Crippen molar-refractivity contribution in [2.45, 2.75) is 24.3 Å². The molecule has 0 saturated carbocycles. The second-order valence-corrected chi connectivity index (χ2v) is 8.51. The summed E-state index contributed by atoms with van der Waals surface area (Å²) in [7, 11) is 1.54. The average Bonchev–Trinajstić information content (AvgIpc) is 3.23. The number of hydrogen-bond donors (Lipinski definition) is 2. The van der Waals surface area contributed by atoms with Crippen molar-refractivity contribution in [3.63, 3.8) is 0 Å². The van der Waals surface area contributed by atoms with E-state index in [0.717, 1.165) is 16.5 Å². The van der Waals surface area contributed by atoms with Gasteiger partial charge in [-0.3, -0.25) is 15.5 Å². The van der Waals surface area contributed by atoms with Gasteiger partial charge in [-0.1, -0.05) is 73.3 Å². The molecule has 0 spiro atoms. The Kier molecular flexibility index (Phi) is 7.21. The molecule has 3 aromatic carbocycles. The predicted octanol–water partition coefficient (Wildman–Crippen LogP) is 4.55. The second-order valence-electron chi connectivity index (χ2n) is 7.16. The van der Waals surface area contributed by atoms with Gasteiger partial charge >= 0.3 is 0 Å². The molecule has 33 heavy (non-hydrogen) atoms. The Morgan fingerprint density at radius 1 is 1.06 bits per heavy atom. The minimum Gasteiger partial charge on any atom is -0.496 e. The van der Waals surface area contributed by atoms with E-state index in [4.69, 9.17) is 17.0 Å². The maximum Gasteiger partial charge on any atom is 0.261 e. The molecule has 0 fully saturated rings. The fraction of sp³-hybridized carbons (Fsp3) is 0.167. The van der Waals surface area contributed by atoms with E-state index in [9.17, 15) is 4.79 Å². The van der Waals surface area contributed by atoms with Crippen LogP contribution in [-0.4, -0.2) is 33.0 Å². The van der Waals surface area contributed by atoms with E-state index in [2.05, 4.69) is 33.1 Å². The van der Waals surface area contributed by atoms with Gasteiger partial charge in [-0.05, 0) is 40.7 Å². The van der Waals surface area contributed by atoms with Crippen molar-refractivity contribution in [3.8, 4) is 5.75 Å². The number of carbonyl (C=O) groups is 1. The highest BCUT2D eigenvalue weighted by molar-refractivity contribution is 7.98. The average molecular weight is 478 g/mol. The van der Waals surface area contributed by atoms with E-state index in [1.54, 1.807) is 17.9 Å². The Labute approximate surface area is 201 Å². The highest BCUT2D eigenvalue weighted by Crippen LogP contribution is 2.26. The Hall–Kier alpha value is -3.43. The van der Waals surface area contributed by atoms with Crippen LogP contribution in [0.5, 0.6) is 5.75 Å². The normalized spacial score (nSPS) is 10.7. The predicted molar refractivity (Wildman–Crippen MR) is 135 cm³/mol. The van der Waals surface area contributed by atoms with Crippen molar-refractivity contribution < 1.29 is 9.53 Å². The molecule has 0 unspecified atom stereocenters. The number of carbonyl (C=O) groups excluding carboxylic acids is 1. The molecule has 0 saturated heterocycles. The molecule has 1 heterocycles. The topological polar surface area (TPSA) is 81.1 Å². The van der Waals surface area contributed by atoms with E-state index in [1.807, 2.05) is 55.5 Å². The third-order valence-corrected chi connectivity index (χ3v) is 6.17. The number of benzene rings is 3. The summed E-state index contributed by atoms with van der Waals surface area (Å²) in [5.41, 5.74) is 4.63. The standard InChI is InChI=1S/C24H23N5O2S2/c1-3-21-26-27-24(33-15-16-9-5-4-6-10-16)29(21)28-23(32)25-22(30)19-13-17-11-7-8-12-18(17)14-20(19)31-2/h4-14H,3,15H2,1-2H3,(H2,25,28,30,32). The Morgan fingerprint density at radius 3 is 2.45 bits per heavy atom. The molecule has 0 aliphatic carbocycles. The SMILES string of the molecule is CCc1nnc(SCc2ccccc2)n1NC(=S)NC(=O)c1cc2ccccc2cc1OC. The van der Waals surface area contributed by atoms with Gasteiger partial charge in [0.15, 0.2) is 10.9 Å². The number of nitrogens with one attached hydrogen (secondary N) is 2. The van der Waals surface area contributed by atoms with Crippen LogP contribution < -0.4 is 15.5 Å². The highest BCUT2D eigenvalue weighted by Gasteiger charge is 2.17. The van der Waals surface area contributed by atoms with Crippen molar-refractivity contribution in [3.05, 3.63) is 83.7 Å². The summed E-state index contributed by atoms with van der Waals surface area (Å²) in [6, 6.07) is 21.5. The number of fused-ring (bicyclic) bond motifs is 1. The third kappa shape index (κ3) is 5.32. The van der Waals surface area contributed by atoms with Crippen LogP contribution in [0.3, 0.4) is 0 Å². The number of nitrogens with zero attached hydrogens (tertiary/aromatic N) is 3. The van der Waals surface area contributed by atoms with Crippen LogP contribution >= 0.6 is 24.0 Å². The lowest BCUT2D eigenvalue weighted by molar-refractivity contribution is 0.0974. The van der Waals surface area contributed by atoms with E-state index in [1.165, 1.54) is 17.3 Å². The van der Waals surface area contributed by atoms with Gasteiger partial charge in [-0.25, -0.2) is 4.68 Å². The lowest BCUT2D eigenvalue weighted by Gasteiger charge is -2.15. The monoisotopic (exact) mass is 477 g/mol. The number of thiocarbonyl (C=S) groups is 1. The lowest BCUT2D eigenvalue weighted by Crippen LogP contribution is -2.39. The van der Waals surface area contributed by atoms with Crippen molar-refractivity contribution in [1.82, 2.24) is 20.2 Å². The quantitative estimate of drug-likeness (QED) is 0.298. The molecule has 1 amide bonds. The summed E-state index contributed by atoms with van der Waals surface area (Å²) in [5, 5.41) is 14.0. The van der Waals surface area contributed by atoms with Gasteiger partial charge in [0.2, 0.25) is 5.16 Å². The van der Waals surface area contributed by atoms with Crippen LogP contribution in [0.4, 0.5) is 0 Å². The summed E-state index contributed by atoms with van der Waals surface area (Å²) >= 11 is 6.96. The van der Waals surface area contributed by atoms with Gasteiger partial charge in [-0.2, -0.15) is 0 Å². The molecule has 9 heteroatoms. The maximum absolute atomic E-state index is 13.0. The van der Waals surface area contributed by atoms with Gasteiger partial charge in [0.05, 0.1) is 12.7 Å². The summed E-state index contributed by atoms with van der Waals surface area (Å²) in [6.45, 7) is 1.98. The summed E-state index contributed by atoms with van der Waals surface area (Å²) in [4.78, 5) is 13.0. The zero-order valence-corrected chi connectivity index (χ0v) is 19.9. The van der Waals surface area contributed by atoms with Crippen LogP contribution in [0, 0.1) is 0 Å². The molecule has 0 radical (unpaired) electrons. The van der Waals surface area contributed by atoms with Gasteiger partial charge in [-0.15, -0.1) is 10.2 Å². The van der Waals surface area contributed by atoms with E-state index in [0.29, 0.717) is 28.7 Å². The van der Waals surface area contributed by atoms with Crippen molar-refractivity contribution in [2.24, 2.45) is 0 Å². The van der Waals surface area contributed by atoms with Crippen molar-refractivity contribution in [2.75, 3.05) is 12.5 Å². The summed E-state index contributed by atoms with van der Waals surface area (Å²) in [6.07, 6.45) is 0.654. The summed E-state index contributed by atoms with van der Waals surface area (Å²) in [5.74, 6) is 1.56. The number of hydrogen-bond acceptors (Lipinski definition) is 6. The number of aryl methyl sites for hydroxylation is 1. The number of methoxy groups -OCH3 is 1. The Morgan fingerprint density at radius 2 is 1.76 bits per heavy atom. The molecule has 168 valence electrons. The van der Waals surface area contributed by atoms with Gasteiger partial charge in [0, 0.05) is 12.2 Å². The number of ether oxygens (including phenoxy) is 1. The second kappa shape index (κ2) is 10.5. The molecule has 7 nitrogen and oxygen atoms in total. The number of thioether (sulfide) groups is 1. The fourth-order valence-corrected chi connectivity index (χ4v) is 4.37. The molecule has 0 bridgehead atoms.